The minimum atomic E-state index is -0.822. The molecule has 0 saturated carbocycles. The van der Waals surface area contributed by atoms with E-state index >= 15 is 0 Å². The third kappa shape index (κ3) is 5.58. The van der Waals surface area contributed by atoms with E-state index in [1.54, 1.807) is 0 Å². The highest BCUT2D eigenvalue weighted by Crippen LogP contribution is 2.22. The Hall–Kier alpha value is -2.62. The monoisotopic (exact) mass is 311 g/mol. The molecule has 0 aromatic heterocycles. The van der Waals surface area contributed by atoms with Crippen molar-refractivity contribution in [3.05, 3.63) is 71.3 Å². The van der Waals surface area contributed by atoms with Crippen molar-refractivity contribution < 1.29 is 14.4 Å². The predicted octanol–water partition coefficient (Wildman–Crippen LogP) is 4.67. The molecule has 0 fully saturated rings. The Kier molecular flexibility index (Phi) is 5.52. The summed E-state index contributed by atoms with van der Waals surface area (Å²) in [5.41, 5.74) is 3.08. The molecular weight excluding hydrogens is 290 g/mol. The van der Waals surface area contributed by atoms with Crippen LogP contribution in [0.15, 0.2) is 59.8 Å². The Labute approximate surface area is 136 Å². The molecule has 0 heterocycles. The van der Waals surface area contributed by atoms with Gasteiger partial charge in [0.1, 0.15) is 6.61 Å². The molecule has 0 aliphatic rings. The van der Waals surface area contributed by atoms with Gasteiger partial charge in [0.15, 0.2) is 0 Å². The summed E-state index contributed by atoms with van der Waals surface area (Å²) in [5, 5.41) is 3.60. The number of rotatable bonds is 4. The molecule has 0 amide bonds. The average molecular weight is 311 g/mol. The largest absolute Gasteiger partial charge is 0.535 e. The zero-order valence-corrected chi connectivity index (χ0v) is 13.7. The van der Waals surface area contributed by atoms with Crippen LogP contribution in [0.5, 0.6) is 0 Å². The molecule has 4 heteroatoms. The SMILES string of the molecule is CC(C)(C)c1ccc(COC(=O)O/N=C/c2ccccc2)cc1. The van der Waals surface area contributed by atoms with Crippen molar-refractivity contribution in [3.8, 4) is 0 Å². The summed E-state index contributed by atoms with van der Waals surface area (Å²) >= 11 is 0. The molecule has 4 nitrogen and oxygen atoms in total. The van der Waals surface area contributed by atoms with E-state index in [-0.39, 0.29) is 12.0 Å². The fourth-order valence-electron chi connectivity index (χ4n) is 1.94. The number of benzene rings is 2. The van der Waals surface area contributed by atoms with Gasteiger partial charge in [-0.1, -0.05) is 80.5 Å². The molecule has 0 aliphatic heterocycles. The first-order valence-electron chi connectivity index (χ1n) is 7.47. The minimum absolute atomic E-state index is 0.102. The van der Waals surface area contributed by atoms with E-state index in [1.165, 1.54) is 11.8 Å². The fraction of sp³-hybridized carbons (Fsp3) is 0.263. The number of nitrogens with zero attached hydrogens (tertiary/aromatic N) is 1. The standard InChI is InChI=1S/C19H21NO3/c1-19(2,3)17-11-9-16(10-12-17)14-22-18(21)23-20-13-15-7-5-4-6-8-15/h4-13H,14H2,1-3H3/b20-13+. The summed E-state index contributed by atoms with van der Waals surface area (Å²) in [6, 6.07) is 17.3. The number of hydrogen-bond donors (Lipinski definition) is 0. The molecule has 2 rings (SSSR count). The van der Waals surface area contributed by atoms with Crippen LogP contribution in [-0.2, 0) is 21.6 Å². The third-order valence-corrected chi connectivity index (χ3v) is 3.31. The first-order chi connectivity index (χ1) is 10.9. The smallest absolute Gasteiger partial charge is 0.428 e. The van der Waals surface area contributed by atoms with Crippen molar-refractivity contribution in [2.75, 3.05) is 0 Å². The second-order valence-electron chi connectivity index (χ2n) is 6.22. The van der Waals surface area contributed by atoms with Gasteiger partial charge in [0.05, 0.1) is 6.21 Å². The van der Waals surface area contributed by atoms with Crippen LogP contribution < -0.4 is 0 Å². The van der Waals surface area contributed by atoms with Gasteiger partial charge < -0.3 is 4.74 Å². The van der Waals surface area contributed by atoms with Gasteiger partial charge in [-0.05, 0) is 22.1 Å². The summed E-state index contributed by atoms with van der Waals surface area (Å²) in [7, 11) is 0. The Balaban J connectivity index is 1.79. The van der Waals surface area contributed by atoms with Gasteiger partial charge >= 0.3 is 6.16 Å². The summed E-state index contributed by atoms with van der Waals surface area (Å²) in [6.45, 7) is 6.62. The second kappa shape index (κ2) is 7.58. The lowest BCUT2D eigenvalue weighted by molar-refractivity contribution is 0.0524. The minimum Gasteiger partial charge on any atom is -0.428 e. The number of carbonyl (C=O) groups is 1. The van der Waals surface area contributed by atoms with E-state index in [0.29, 0.717) is 0 Å². The topological polar surface area (TPSA) is 47.9 Å². The normalized spacial score (nSPS) is 11.4. The predicted molar refractivity (Wildman–Crippen MR) is 90.4 cm³/mol. The van der Waals surface area contributed by atoms with Gasteiger partial charge in [0.25, 0.3) is 0 Å². The second-order valence-corrected chi connectivity index (χ2v) is 6.22. The molecule has 120 valence electrons. The Morgan fingerprint density at radius 1 is 1.04 bits per heavy atom. The molecule has 0 atom stereocenters. The van der Waals surface area contributed by atoms with Gasteiger partial charge in [0, 0.05) is 0 Å². The van der Waals surface area contributed by atoms with Crippen LogP contribution in [0.25, 0.3) is 0 Å². The van der Waals surface area contributed by atoms with Crippen LogP contribution in [-0.4, -0.2) is 12.4 Å². The first kappa shape index (κ1) is 16.7. The summed E-state index contributed by atoms with van der Waals surface area (Å²) in [6.07, 6.45) is 0.636. The van der Waals surface area contributed by atoms with Crippen molar-refractivity contribution in [3.63, 3.8) is 0 Å². The van der Waals surface area contributed by atoms with E-state index in [4.69, 9.17) is 4.74 Å². The van der Waals surface area contributed by atoms with Crippen LogP contribution in [0.3, 0.4) is 0 Å². The number of hydrogen-bond acceptors (Lipinski definition) is 4. The summed E-state index contributed by atoms with van der Waals surface area (Å²) in [4.78, 5) is 16.1. The Morgan fingerprint density at radius 2 is 1.70 bits per heavy atom. The number of carbonyl (C=O) groups excluding carboxylic acids is 1. The van der Waals surface area contributed by atoms with Crippen LogP contribution in [0.4, 0.5) is 4.79 Å². The Bertz CT molecular complexity index is 655. The highest BCUT2D eigenvalue weighted by atomic mass is 16.8. The van der Waals surface area contributed by atoms with Crippen molar-refractivity contribution in [1.29, 1.82) is 0 Å². The first-order valence-corrected chi connectivity index (χ1v) is 7.47. The number of ether oxygens (including phenoxy) is 1. The van der Waals surface area contributed by atoms with Gasteiger partial charge in [-0.3, -0.25) is 4.84 Å². The summed E-state index contributed by atoms with van der Waals surface area (Å²) < 4.78 is 5.02. The molecule has 23 heavy (non-hydrogen) atoms. The zero-order chi connectivity index (χ0) is 16.7. The van der Waals surface area contributed by atoms with E-state index in [2.05, 4.69) is 30.8 Å². The van der Waals surface area contributed by atoms with Gasteiger partial charge in [-0.15, -0.1) is 0 Å². The third-order valence-electron chi connectivity index (χ3n) is 3.31. The average Bonchev–Trinajstić information content (AvgIpc) is 2.53. The lowest BCUT2D eigenvalue weighted by Gasteiger charge is -2.19. The molecule has 0 bridgehead atoms. The maximum Gasteiger partial charge on any atom is 0.535 e. The molecule has 2 aromatic rings. The van der Waals surface area contributed by atoms with E-state index in [0.717, 1.165) is 11.1 Å². The van der Waals surface area contributed by atoms with Crippen LogP contribution in [0, 0.1) is 0 Å². The van der Waals surface area contributed by atoms with Crippen LogP contribution in [0.2, 0.25) is 0 Å². The van der Waals surface area contributed by atoms with E-state index < -0.39 is 6.16 Å². The lowest BCUT2D eigenvalue weighted by atomic mass is 9.87. The molecule has 2 aromatic carbocycles. The molecule has 0 aliphatic carbocycles. The van der Waals surface area contributed by atoms with Gasteiger partial charge in [-0.25, -0.2) is 4.79 Å². The molecule has 0 saturated heterocycles. The maximum absolute atomic E-state index is 11.5. The van der Waals surface area contributed by atoms with Gasteiger partial charge in [0.2, 0.25) is 0 Å². The lowest BCUT2D eigenvalue weighted by Crippen LogP contribution is -2.11. The Morgan fingerprint density at radius 3 is 2.30 bits per heavy atom. The van der Waals surface area contributed by atoms with Crippen LogP contribution >= 0.6 is 0 Å². The van der Waals surface area contributed by atoms with E-state index in [1.807, 2.05) is 54.6 Å². The van der Waals surface area contributed by atoms with E-state index in [9.17, 15) is 4.79 Å². The maximum atomic E-state index is 11.5. The fourth-order valence-corrected chi connectivity index (χ4v) is 1.94. The van der Waals surface area contributed by atoms with Crippen molar-refractivity contribution >= 4 is 12.4 Å². The van der Waals surface area contributed by atoms with Crippen LogP contribution in [0.1, 0.15) is 37.5 Å². The van der Waals surface area contributed by atoms with Gasteiger partial charge in [-0.2, -0.15) is 0 Å². The van der Waals surface area contributed by atoms with Crippen molar-refractivity contribution in [2.24, 2.45) is 5.16 Å². The number of oxime groups is 1. The zero-order valence-electron chi connectivity index (χ0n) is 13.7. The quantitative estimate of drug-likeness (QED) is 0.357. The summed E-state index contributed by atoms with van der Waals surface area (Å²) in [5.74, 6) is 0. The highest BCUT2D eigenvalue weighted by Gasteiger charge is 2.13. The molecule has 0 N–H and O–H groups in total. The molecular formula is C19H21NO3. The van der Waals surface area contributed by atoms with Crippen molar-refractivity contribution in [1.82, 2.24) is 0 Å². The highest BCUT2D eigenvalue weighted by molar-refractivity contribution is 5.79. The van der Waals surface area contributed by atoms with Crippen molar-refractivity contribution in [2.45, 2.75) is 32.8 Å². The molecule has 0 unspecified atom stereocenters. The molecule has 0 spiro atoms. The molecule has 0 radical (unpaired) electrons.